The van der Waals surface area contributed by atoms with E-state index >= 15 is 0 Å². The Balaban J connectivity index is 0.000000160. The van der Waals surface area contributed by atoms with Crippen molar-refractivity contribution >= 4 is 16.6 Å². The molecule has 1 atom stereocenters. The van der Waals surface area contributed by atoms with Gasteiger partial charge in [0, 0.05) is 25.5 Å². The molecule has 0 saturated heterocycles. The molecule has 0 saturated carbocycles. The largest absolute Gasteiger partial charge is 0.506 e. The average molecular weight is 296 g/mol. The van der Waals surface area contributed by atoms with Crippen LogP contribution in [0.5, 0.6) is 5.75 Å². The fraction of sp³-hybridized carbons (Fsp3) is 0.167. The summed E-state index contributed by atoms with van der Waals surface area (Å²) >= 11 is 0. The number of nitrogens with one attached hydrogen (secondary N) is 1. The molecule has 114 valence electrons. The second kappa shape index (κ2) is 6.45. The maximum Gasteiger partial charge on any atom is 0.134 e. The first-order valence-corrected chi connectivity index (χ1v) is 7.26. The lowest BCUT2D eigenvalue weighted by Crippen LogP contribution is -2.27. The minimum atomic E-state index is -0.218. The van der Waals surface area contributed by atoms with Crippen molar-refractivity contribution in [1.29, 1.82) is 0 Å². The molecule has 1 aromatic heterocycles. The van der Waals surface area contributed by atoms with Crippen LogP contribution in [0.15, 0.2) is 60.8 Å². The van der Waals surface area contributed by atoms with Crippen LogP contribution in [0.4, 0.5) is 5.69 Å². The van der Waals surface area contributed by atoms with E-state index in [4.69, 9.17) is 5.11 Å². The predicted molar refractivity (Wildman–Crippen MR) is 90.2 cm³/mol. The summed E-state index contributed by atoms with van der Waals surface area (Å²) in [7, 11) is 0. The molecule has 0 spiro atoms. The van der Waals surface area contributed by atoms with Gasteiger partial charge in [-0.05, 0) is 23.8 Å². The molecular weight excluding hydrogens is 276 g/mol. The lowest BCUT2D eigenvalue weighted by Gasteiger charge is -2.21. The molecule has 4 nitrogen and oxygen atoms in total. The highest BCUT2D eigenvalue weighted by molar-refractivity contribution is 5.79. The maximum absolute atomic E-state index is 9.29. The number of β-amino-alcohol motifs (C(OH)–C–C–N with tert-alkyl or cyclic N) is 1. The quantitative estimate of drug-likeness (QED) is 0.596. The van der Waals surface area contributed by atoms with Crippen LogP contribution in [-0.2, 0) is 6.42 Å². The monoisotopic (exact) mass is 296 g/mol. The molecule has 0 radical (unpaired) electrons. The van der Waals surface area contributed by atoms with E-state index in [0.29, 0.717) is 6.54 Å². The summed E-state index contributed by atoms with van der Waals surface area (Å²) in [4.78, 5) is 4.03. The predicted octanol–water partition coefficient (Wildman–Crippen LogP) is 3.20. The van der Waals surface area contributed by atoms with E-state index in [1.807, 2.05) is 48.5 Å². The molecule has 22 heavy (non-hydrogen) atoms. The minimum absolute atomic E-state index is 0. The highest BCUT2D eigenvalue weighted by Gasteiger charge is 2.13. The second-order valence-corrected chi connectivity index (χ2v) is 5.28. The van der Waals surface area contributed by atoms with Crippen molar-refractivity contribution in [3.63, 3.8) is 0 Å². The van der Waals surface area contributed by atoms with Crippen LogP contribution in [0.1, 0.15) is 6.99 Å². The fourth-order valence-corrected chi connectivity index (χ4v) is 2.48. The van der Waals surface area contributed by atoms with Crippen molar-refractivity contribution < 1.29 is 11.6 Å². The molecule has 0 fully saturated rings. The first-order valence-electron chi connectivity index (χ1n) is 7.26. The summed E-state index contributed by atoms with van der Waals surface area (Å²) in [6.07, 6.45) is 2.01. The van der Waals surface area contributed by atoms with Crippen LogP contribution in [0, 0.1) is 0 Å². The molecule has 1 unspecified atom stereocenters. The van der Waals surface area contributed by atoms with Gasteiger partial charge in [0.2, 0.25) is 0 Å². The zero-order valence-electron chi connectivity index (χ0n) is 12.1. The Bertz CT molecular complexity index is 780. The van der Waals surface area contributed by atoms with Crippen LogP contribution < -0.4 is 5.32 Å². The zero-order valence-corrected chi connectivity index (χ0v) is 12.1. The van der Waals surface area contributed by atoms with E-state index in [0.717, 1.165) is 23.0 Å². The van der Waals surface area contributed by atoms with Crippen molar-refractivity contribution in [3.05, 3.63) is 66.4 Å². The molecular formula is C18H20N2O2. The summed E-state index contributed by atoms with van der Waals surface area (Å²) < 4.78 is 0. The normalized spacial score (nSPS) is 16.1. The van der Waals surface area contributed by atoms with E-state index in [9.17, 15) is 5.11 Å². The highest BCUT2D eigenvalue weighted by atomic mass is 16.3. The summed E-state index contributed by atoms with van der Waals surface area (Å²) in [6, 6.07) is 17.5. The highest BCUT2D eigenvalue weighted by Crippen LogP contribution is 2.20. The molecule has 2 heterocycles. The molecule has 1 aliphatic heterocycles. The third kappa shape index (κ3) is 3.35. The molecule has 3 aromatic rings. The lowest BCUT2D eigenvalue weighted by atomic mass is 10.0. The smallest absolute Gasteiger partial charge is 0.134 e. The molecule has 3 N–H and O–H groups in total. The molecule has 2 aromatic carbocycles. The molecule has 0 amide bonds. The number of aromatic nitrogens is 1. The number of benzene rings is 2. The number of anilines is 1. The first-order chi connectivity index (χ1) is 10.7. The van der Waals surface area contributed by atoms with Gasteiger partial charge >= 0.3 is 0 Å². The van der Waals surface area contributed by atoms with Crippen LogP contribution >= 0.6 is 0 Å². The average Bonchev–Trinajstić information content (AvgIpc) is 2.55. The van der Waals surface area contributed by atoms with Crippen LogP contribution in [-0.4, -0.2) is 27.8 Å². The van der Waals surface area contributed by atoms with Crippen LogP contribution in [0.2, 0.25) is 0 Å². The number of rotatable bonds is 0. The SMILES string of the molecule is OC1CNc2ccccc2C1.Oc1cnc2ccccc2c1.[HH]. The lowest BCUT2D eigenvalue weighted by molar-refractivity contribution is 0.184. The Kier molecular flexibility index (Phi) is 4.21. The summed E-state index contributed by atoms with van der Waals surface area (Å²) in [5.74, 6) is 0.212. The Labute approximate surface area is 130 Å². The van der Waals surface area contributed by atoms with Gasteiger partial charge in [-0.15, -0.1) is 0 Å². The third-order valence-electron chi connectivity index (χ3n) is 3.58. The van der Waals surface area contributed by atoms with Gasteiger partial charge in [0.25, 0.3) is 0 Å². The summed E-state index contributed by atoms with van der Waals surface area (Å²) in [5.41, 5.74) is 3.29. The number of pyridine rings is 1. The number of fused-ring (bicyclic) bond motifs is 2. The Hall–Kier alpha value is -2.59. The van der Waals surface area contributed by atoms with Crippen molar-refractivity contribution in [2.45, 2.75) is 12.5 Å². The maximum atomic E-state index is 9.29. The molecule has 4 heteroatoms. The van der Waals surface area contributed by atoms with Gasteiger partial charge < -0.3 is 15.5 Å². The molecule has 4 rings (SSSR count). The number of hydrogen-bond acceptors (Lipinski definition) is 4. The van der Waals surface area contributed by atoms with Crippen molar-refractivity contribution in [2.24, 2.45) is 0 Å². The zero-order chi connectivity index (χ0) is 15.4. The Morgan fingerprint density at radius 3 is 2.77 bits per heavy atom. The van der Waals surface area contributed by atoms with Gasteiger partial charge in [0.1, 0.15) is 5.75 Å². The molecule has 1 aliphatic rings. The van der Waals surface area contributed by atoms with Gasteiger partial charge in [-0.3, -0.25) is 4.98 Å². The van der Waals surface area contributed by atoms with E-state index in [-0.39, 0.29) is 13.3 Å². The van der Waals surface area contributed by atoms with Gasteiger partial charge in [-0.25, -0.2) is 0 Å². The van der Waals surface area contributed by atoms with Gasteiger partial charge in [-0.1, -0.05) is 36.4 Å². The van der Waals surface area contributed by atoms with Crippen LogP contribution in [0.25, 0.3) is 10.9 Å². The van der Waals surface area contributed by atoms with E-state index < -0.39 is 0 Å². The van der Waals surface area contributed by atoms with Crippen LogP contribution in [0.3, 0.4) is 0 Å². The minimum Gasteiger partial charge on any atom is -0.506 e. The van der Waals surface area contributed by atoms with Gasteiger partial charge in [0.15, 0.2) is 0 Å². The van der Waals surface area contributed by atoms with Crippen molar-refractivity contribution in [2.75, 3.05) is 11.9 Å². The Morgan fingerprint density at radius 1 is 1.09 bits per heavy atom. The Morgan fingerprint density at radius 2 is 1.86 bits per heavy atom. The summed E-state index contributed by atoms with van der Waals surface area (Å²) in [6.45, 7) is 0.678. The molecule has 0 aliphatic carbocycles. The van der Waals surface area contributed by atoms with Gasteiger partial charge in [0.05, 0.1) is 17.8 Å². The third-order valence-corrected chi connectivity index (χ3v) is 3.58. The first kappa shape index (κ1) is 14.4. The number of aliphatic hydroxyl groups is 1. The van der Waals surface area contributed by atoms with E-state index in [2.05, 4.69) is 10.3 Å². The topological polar surface area (TPSA) is 65.4 Å². The van der Waals surface area contributed by atoms with Crippen molar-refractivity contribution in [3.8, 4) is 5.75 Å². The second-order valence-electron chi connectivity index (χ2n) is 5.28. The molecule has 0 bridgehead atoms. The fourth-order valence-electron chi connectivity index (χ4n) is 2.48. The number of nitrogens with zero attached hydrogens (tertiary/aromatic N) is 1. The van der Waals surface area contributed by atoms with Gasteiger partial charge in [-0.2, -0.15) is 0 Å². The van der Waals surface area contributed by atoms with E-state index in [1.165, 1.54) is 11.8 Å². The number of aromatic hydroxyl groups is 1. The van der Waals surface area contributed by atoms with Crippen molar-refractivity contribution in [1.82, 2.24) is 4.98 Å². The standard InChI is InChI=1S/C9H11NO.C9H7NO.H2/c2*11-8-5-7-3-1-2-4-9(7)10-6-8;/h1-4,8,10-11H,5-6H2;1-6,11H;1H. The van der Waals surface area contributed by atoms with E-state index in [1.54, 1.807) is 6.07 Å². The number of para-hydroxylation sites is 2. The number of hydrogen-bond donors (Lipinski definition) is 3. The summed E-state index contributed by atoms with van der Waals surface area (Å²) in [5, 5.41) is 22.5. The number of aliphatic hydroxyl groups excluding tert-OH is 1.